The van der Waals surface area contributed by atoms with Crippen molar-refractivity contribution in [1.29, 1.82) is 0 Å². The first kappa shape index (κ1) is 12.8. The van der Waals surface area contributed by atoms with Gasteiger partial charge in [-0.2, -0.15) is 0 Å². The summed E-state index contributed by atoms with van der Waals surface area (Å²) < 4.78 is 10.1. The van der Waals surface area contributed by atoms with Gasteiger partial charge in [-0.1, -0.05) is 6.07 Å². The summed E-state index contributed by atoms with van der Waals surface area (Å²) in [5.74, 6) is 0.684. The van der Waals surface area contributed by atoms with Crippen LogP contribution in [-0.4, -0.2) is 44.4 Å². The lowest BCUT2D eigenvalue weighted by Crippen LogP contribution is -2.22. The second-order valence-corrected chi connectivity index (χ2v) is 3.74. The van der Waals surface area contributed by atoms with Gasteiger partial charge in [0.1, 0.15) is 0 Å². The van der Waals surface area contributed by atoms with Crippen LogP contribution in [0.25, 0.3) is 0 Å². The molecule has 0 saturated heterocycles. The number of benzene rings is 1. The second kappa shape index (κ2) is 6.35. The Labute approximate surface area is 96.4 Å². The molecule has 0 amide bonds. The lowest BCUT2D eigenvalue weighted by Gasteiger charge is -2.16. The van der Waals surface area contributed by atoms with Crippen molar-refractivity contribution in [2.45, 2.75) is 6.54 Å². The molecule has 0 spiro atoms. The number of methoxy groups -OCH3 is 2. The highest BCUT2D eigenvalue weighted by Gasteiger charge is 2.04. The van der Waals surface area contributed by atoms with Crippen molar-refractivity contribution in [3.8, 4) is 11.5 Å². The van der Waals surface area contributed by atoms with E-state index in [1.54, 1.807) is 20.3 Å². The van der Waals surface area contributed by atoms with Crippen LogP contribution in [0.3, 0.4) is 0 Å². The molecule has 1 aromatic rings. The van der Waals surface area contributed by atoms with Crippen molar-refractivity contribution in [2.24, 2.45) is 0 Å². The molecule has 1 aromatic carbocycles. The molecule has 0 bridgehead atoms. The smallest absolute Gasteiger partial charge is 0.160 e. The number of nitrogens with zero attached hydrogens (tertiary/aromatic N) is 1. The van der Waals surface area contributed by atoms with Crippen molar-refractivity contribution in [3.63, 3.8) is 0 Å². The maximum absolute atomic E-state index is 9.45. The summed E-state index contributed by atoms with van der Waals surface area (Å²) in [6.45, 7) is 2.39. The van der Waals surface area contributed by atoms with Crippen LogP contribution in [0.2, 0.25) is 0 Å². The van der Waals surface area contributed by atoms with Crippen molar-refractivity contribution < 1.29 is 14.6 Å². The molecule has 0 aromatic heterocycles. The van der Waals surface area contributed by atoms with E-state index in [4.69, 9.17) is 9.47 Å². The third kappa shape index (κ3) is 3.72. The number of ether oxygens (including phenoxy) is 2. The van der Waals surface area contributed by atoms with E-state index in [0.29, 0.717) is 12.4 Å². The minimum Gasteiger partial charge on any atom is -0.504 e. The van der Waals surface area contributed by atoms with Crippen LogP contribution >= 0.6 is 0 Å². The van der Waals surface area contributed by atoms with Crippen molar-refractivity contribution >= 4 is 0 Å². The van der Waals surface area contributed by atoms with Gasteiger partial charge in [0, 0.05) is 20.2 Å². The van der Waals surface area contributed by atoms with E-state index < -0.39 is 0 Å². The average Bonchev–Trinajstić information content (AvgIpc) is 2.29. The molecular weight excluding hydrogens is 206 g/mol. The first-order valence-electron chi connectivity index (χ1n) is 5.20. The van der Waals surface area contributed by atoms with Crippen LogP contribution < -0.4 is 4.74 Å². The zero-order valence-corrected chi connectivity index (χ0v) is 10.1. The van der Waals surface area contributed by atoms with Crippen LogP contribution in [0, 0.1) is 0 Å². The third-order valence-corrected chi connectivity index (χ3v) is 2.37. The number of phenolic OH excluding ortho intramolecular Hbond substituents is 1. The standard InChI is InChI=1S/C12H19NO3/c1-13(6-7-15-2)9-10-4-5-11(14)12(8-10)16-3/h4-5,8,14H,6-7,9H2,1-3H3. The molecule has 4 heteroatoms. The van der Waals surface area contributed by atoms with Crippen LogP contribution in [0.15, 0.2) is 18.2 Å². The lowest BCUT2D eigenvalue weighted by molar-refractivity contribution is 0.158. The minimum absolute atomic E-state index is 0.172. The summed E-state index contributed by atoms with van der Waals surface area (Å²) >= 11 is 0. The number of likely N-dealkylation sites (N-methyl/N-ethyl adjacent to an activating group) is 1. The van der Waals surface area contributed by atoms with Gasteiger partial charge in [-0.15, -0.1) is 0 Å². The predicted octanol–water partition coefficient (Wildman–Crippen LogP) is 1.48. The summed E-state index contributed by atoms with van der Waals surface area (Å²) in [7, 11) is 5.27. The summed E-state index contributed by atoms with van der Waals surface area (Å²) in [6, 6.07) is 5.39. The van der Waals surface area contributed by atoms with Crippen LogP contribution in [0.5, 0.6) is 11.5 Å². The molecule has 0 saturated carbocycles. The Bertz CT molecular complexity index is 328. The molecule has 90 valence electrons. The van der Waals surface area contributed by atoms with Gasteiger partial charge in [-0.3, -0.25) is 4.90 Å². The average molecular weight is 225 g/mol. The number of rotatable bonds is 6. The molecule has 0 heterocycles. The van der Waals surface area contributed by atoms with Gasteiger partial charge in [-0.25, -0.2) is 0 Å². The van der Waals surface area contributed by atoms with Gasteiger partial charge < -0.3 is 14.6 Å². The molecule has 4 nitrogen and oxygen atoms in total. The predicted molar refractivity (Wildman–Crippen MR) is 62.9 cm³/mol. The first-order valence-corrected chi connectivity index (χ1v) is 5.20. The maximum Gasteiger partial charge on any atom is 0.160 e. The van der Waals surface area contributed by atoms with E-state index in [0.717, 1.165) is 18.7 Å². The van der Waals surface area contributed by atoms with E-state index in [1.165, 1.54) is 0 Å². The second-order valence-electron chi connectivity index (χ2n) is 3.74. The van der Waals surface area contributed by atoms with Crippen LogP contribution in [-0.2, 0) is 11.3 Å². The molecule has 0 aliphatic rings. The van der Waals surface area contributed by atoms with Gasteiger partial charge >= 0.3 is 0 Å². The van der Waals surface area contributed by atoms with E-state index >= 15 is 0 Å². The van der Waals surface area contributed by atoms with Gasteiger partial charge in [0.15, 0.2) is 11.5 Å². The van der Waals surface area contributed by atoms with Crippen molar-refractivity contribution in [1.82, 2.24) is 4.90 Å². The fourth-order valence-electron chi connectivity index (χ4n) is 1.46. The molecule has 1 rings (SSSR count). The highest BCUT2D eigenvalue weighted by Crippen LogP contribution is 2.26. The van der Waals surface area contributed by atoms with Crippen molar-refractivity contribution in [2.75, 3.05) is 34.4 Å². The third-order valence-electron chi connectivity index (χ3n) is 2.37. The molecule has 0 fully saturated rings. The van der Waals surface area contributed by atoms with E-state index in [-0.39, 0.29) is 5.75 Å². The zero-order valence-electron chi connectivity index (χ0n) is 10.1. The Morgan fingerprint density at radius 3 is 2.69 bits per heavy atom. The SMILES string of the molecule is COCCN(C)Cc1ccc(O)c(OC)c1. The molecule has 1 N–H and O–H groups in total. The minimum atomic E-state index is 0.172. The Morgan fingerprint density at radius 2 is 2.06 bits per heavy atom. The Hall–Kier alpha value is -1.26. The molecule has 0 aliphatic heterocycles. The number of hydrogen-bond acceptors (Lipinski definition) is 4. The topological polar surface area (TPSA) is 41.9 Å². The van der Waals surface area contributed by atoms with E-state index in [2.05, 4.69) is 4.90 Å². The fourth-order valence-corrected chi connectivity index (χ4v) is 1.46. The number of aromatic hydroxyl groups is 1. The molecule has 0 unspecified atom stereocenters. The summed E-state index contributed by atoms with van der Waals surface area (Å²) in [6.07, 6.45) is 0. The number of phenols is 1. The highest BCUT2D eigenvalue weighted by atomic mass is 16.5. The fraction of sp³-hybridized carbons (Fsp3) is 0.500. The van der Waals surface area contributed by atoms with Gasteiger partial charge in [0.05, 0.1) is 13.7 Å². The highest BCUT2D eigenvalue weighted by molar-refractivity contribution is 5.41. The van der Waals surface area contributed by atoms with E-state index in [9.17, 15) is 5.11 Å². The zero-order chi connectivity index (χ0) is 12.0. The largest absolute Gasteiger partial charge is 0.504 e. The van der Waals surface area contributed by atoms with Crippen molar-refractivity contribution in [3.05, 3.63) is 23.8 Å². The Balaban J connectivity index is 2.59. The van der Waals surface area contributed by atoms with Crippen LogP contribution in [0.4, 0.5) is 0 Å². The molecule has 0 aliphatic carbocycles. The molecule has 0 atom stereocenters. The van der Waals surface area contributed by atoms with Crippen LogP contribution in [0.1, 0.15) is 5.56 Å². The lowest BCUT2D eigenvalue weighted by atomic mass is 10.2. The Morgan fingerprint density at radius 1 is 1.31 bits per heavy atom. The monoisotopic (exact) mass is 225 g/mol. The summed E-state index contributed by atoms with van der Waals surface area (Å²) in [5.41, 5.74) is 1.10. The number of hydrogen-bond donors (Lipinski definition) is 1. The maximum atomic E-state index is 9.45. The molecule has 16 heavy (non-hydrogen) atoms. The first-order chi connectivity index (χ1) is 7.67. The molecular formula is C12H19NO3. The van der Waals surface area contributed by atoms with Gasteiger partial charge in [0.2, 0.25) is 0 Å². The normalized spacial score (nSPS) is 10.8. The van der Waals surface area contributed by atoms with E-state index in [1.807, 2.05) is 19.2 Å². The van der Waals surface area contributed by atoms with Gasteiger partial charge in [0.25, 0.3) is 0 Å². The van der Waals surface area contributed by atoms with Gasteiger partial charge in [-0.05, 0) is 24.7 Å². The molecule has 0 radical (unpaired) electrons. The summed E-state index contributed by atoms with van der Waals surface area (Å²) in [4.78, 5) is 2.15. The quantitative estimate of drug-likeness (QED) is 0.796. The Kier molecular flexibility index (Phi) is 5.08. The summed E-state index contributed by atoms with van der Waals surface area (Å²) in [5, 5.41) is 9.45.